The Bertz CT molecular complexity index is 551. The van der Waals surface area contributed by atoms with Crippen LogP contribution in [0, 0.1) is 5.92 Å². The number of ether oxygens (including phenoxy) is 1. The number of rotatable bonds is 10. The normalized spacial score (nSPS) is 12.2. The van der Waals surface area contributed by atoms with Gasteiger partial charge in [0.15, 0.2) is 0 Å². The summed E-state index contributed by atoms with van der Waals surface area (Å²) < 4.78 is 30.8. The maximum Gasteiger partial charge on any atom is 0.308 e. The minimum Gasteiger partial charge on any atom is -0.481 e. The lowest BCUT2D eigenvalue weighted by molar-refractivity contribution is -0.141. The standard InChI is InChI=1S/C17H23F2NO4/c1-3-24-9-5-8-20(11-12(2)17(22)23)16(21)14-7-4-6-13(10-14)15(18)19/h4,6-7,10,12,15H,3,5,8-9,11H2,1-2H3,(H,22,23). The Morgan fingerprint density at radius 3 is 2.62 bits per heavy atom. The summed E-state index contributed by atoms with van der Waals surface area (Å²) in [5.41, 5.74) is -0.108. The van der Waals surface area contributed by atoms with Crippen LogP contribution in [0.5, 0.6) is 0 Å². The zero-order valence-electron chi connectivity index (χ0n) is 13.9. The number of nitrogens with zero attached hydrogens (tertiary/aromatic N) is 1. The van der Waals surface area contributed by atoms with Crippen LogP contribution in [0.2, 0.25) is 0 Å². The van der Waals surface area contributed by atoms with Crippen LogP contribution >= 0.6 is 0 Å². The van der Waals surface area contributed by atoms with Gasteiger partial charge in [-0.25, -0.2) is 8.78 Å². The molecule has 0 heterocycles. The second-order valence-electron chi connectivity index (χ2n) is 5.47. The van der Waals surface area contributed by atoms with Gasteiger partial charge in [0, 0.05) is 37.4 Å². The van der Waals surface area contributed by atoms with Crippen molar-refractivity contribution in [1.29, 1.82) is 0 Å². The molecule has 24 heavy (non-hydrogen) atoms. The van der Waals surface area contributed by atoms with Gasteiger partial charge in [-0.15, -0.1) is 0 Å². The fourth-order valence-electron chi connectivity index (χ4n) is 2.18. The van der Waals surface area contributed by atoms with Crippen molar-refractivity contribution in [3.05, 3.63) is 35.4 Å². The molecule has 5 nitrogen and oxygen atoms in total. The molecule has 1 N–H and O–H groups in total. The second-order valence-corrected chi connectivity index (χ2v) is 5.47. The largest absolute Gasteiger partial charge is 0.481 e. The van der Waals surface area contributed by atoms with Crippen LogP contribution in [-0.2, 0) is 9.53 Å². The molecule has 1 rings (SSSR count). The Balaban J connectivity index is 2.88. The molecule has 0 fully saturated rings. The number of carbonyl (C=O) groups is 2. The summed E-state index contributed by atoms with van der Waals surface area (Å²) in [6, 6.07) is 5.25. The molecule has 134 valence electrons. The third-order valence-corrected chi connectivity index (χ3v) is 3.51. The van der Waals surface area contributed by atoms with E-state index < -0.39 is 24.2 Å². The highest BCUT2D eigenvalue weighted by Crippen LogP contribution is 2.20. The summed E-state index contributed by atoms with van der Waals surface area (Å²) in [5.74, 6) is -2.22. The minimum absolute atomic E-state index is 0.0131. The van der Waals surface area contributed by atoms with Crippen molar-refractivity contribution in [2.24, 2.45) is 5.92 Å². The highest BCUT2D eigenvalue weighted by atomic mass is 19.3. The Kier molecular flexibility index (Phi) is 8.32. The van der Waals surface area contributed by atoms with E-state index in [0.717, 1.165) is 6.07 Å². The maximum absolute atomic E-state index is 12.8. The molecule has 0 spiro atoms. The van der Waals surface area contributed by atoms with E-state index in [9.17, 15) is 18.4 Å². The lowest BCUT2D eigenvalue weighted by atomic mass is 10.1. The molecule has 0 saturated carbocycles. The van der Waals surface area contributed by atoms with Gasteiger partial charge >= 0.3 is 5.97 Å². The van der Waals surface area contributed by atoms with E-state index in [1.165, 1.54) is 30.0 Å². The van der Waals surface area contributed by atoms with Crippen LogP contribution in [-0.4, -0.2) is 48.2 Å². The van der Waals surface area contributed by atoms with Gasteiger partial charge in [0.05, 0.1) is 5.92 Å². The van der Waals surface area contributed by atoms with Gasteiger partial charge in [-0.05, 0) is 25.5 Å². The molecule has 1 atom stereocenters. The van der Waals surface area contributed by atoms with Crippen molar-refractivity contribution in [2.45, 2.75) is 26.7 Å². The van der Waals surface area contributed by atoms with Gasteiger partial charge in [-0.3, -0.25) is 9.59 Å². The van der Waals surface area contributed by atoms with Gasteiger partial charge in [0.25, 0.3) is 12.3 Å². The number of carbonyl (C=O) groups excluding carboxylic acids is 1. The average molecular weight is 343 g/mol. The Morgan fingerprint density at radius 1 is 1.33 bits per heavy atom. The molecule has 7 heteroatoms. The van der Waals surface area contributed by atoms with Crippen LogP contribution in [0.25, 0.3) is 0 Å². The molecule has 0 saturated heterocycles. The number of carboxylic acids is 1. The van der Waals surface area contributed by atoms with E-state index in [0.29, 0.717) is 26.2 Å². The highest BCUT2D eigenvalue weighted by Gasteiger charge is 2.22. The monoisotopic (exact) mass is 343 g/mol. The van der Waals surface area contributed by atoms with Gasteiger partial charge in [0.2, 0.25) is 0 Å². The predicted octanol–water partition coefficient (Wildman–Crippen LogP) is 3.21. The second kappa shape index (κ2) is 9.97. The third-order valence-electron chi connectivity index (χ3n) is 3.51. The first-order chi connectivity index (χ1) is 11.4. The van der Waals surface area contributed by atoms with Crippen LogP contribution < -0.4 is 0 Å². The molecule has 0 aliphatic rings. The van der Waals surface area contributed by atoms with Gasteiger partial charge < -0.3 is 14.7 Å². The van der Waals surface area contributed by atoms with Gasteiger partial charge in [-0.1, -0.05) is 19.1 Å². The molecule has 0 radical (unpaired) electrons. The van der Waals surface area contributed by atoms with E-state index in [1.54, 1.807) is 0 Å². The lowest BCUT2D eigenvalue weighted by Crippen LogP contribution is -2.38. The number of aliphatic carboxylic acids is 1. The summed E-state index contributed by atoms with van der Waals surface area (Å²) in [6.45, 7) is 4.66. The SMILES string of the molecule is CCOCCCN(CC(C)C(=O)O)C(=O)c1cccc(C(F)F)c1. The molecular weight excluding hydrogens is 320 g/mol. The zero-order chi connectivity index (χ0) is 18.1. The molecule has 0 bridgehead atoms. The lowest BCUT2D eigenvalue weighted by Gasteiger charge is -2.25. The smallest absolute Gasteiger partial charge is 0.308 e. The quantitative estimate of drug-likeness (QED) is 0.663. The number of benzene rings is 1. The first-order valence-corrected chi connectivity index (χ1v) is 7.84. The summed E-state index contributed by atoms with van der Waals surface area (Å²) >= 11 is 0. The molecule has 0 aliphatic heterocycles. The van der Waals surface area contributed by atoms with E-state index in [4.69, 9.17) is 9.84 Å². The van der Waals surface area contributed by atoms with Gasteiger partial charge in [0.1, 0.15) is 0 Å². The number of hydrogen-bond donors (Lipinski definition) is 1. The average Bonchev–Trinajstić information content (AvgIpc) is 2.56. The Morgan fingerprint density at radius 2 is 2.04 bits per heavy atom. The number of halogens is 2. The van der Waals surface area contributed by atoms with Crippen LogP contribution in [0.3, 0.4) is 0 Å². The Hall–Kier alpha value is -2.02. The summed E-state index contributed by atoms with van der Waals surface area (Å²) in [5, 5.41) is 9.05. The fourth-order valence-corrected chi connectivity index (χ4v) is 2.18. The first-order valence-electron chi connectivity index (χ1n) is 7.84. The molecule has 1 unspecified atom stereocenters. The molecule has 0 aliphatic carbocycles. The summed E-state index contributed by atoms with van der Waals surface area (Å²) in [7, 11) is 0. The first kappa shape index (κ1) is 20.0. The van der Waals surface area contributed by atoms with Crippen LogP contribution in [0.15, 0.2) is 24.3 Å². The number of carboxylic acid groups (broad SMARTS) is 1. The predicted molar refractivity (Wildman–Crippen MR) is 85.2 cm³/mol. The fraction of sp³-hybridized carbons (Fsp3) is 0.529. The summed E-state index contributed by atoms with van der Waals surface area (Å²) in [4.78, 5) is 25.0. The highest BCUT2D eigenvalue weighted by molar-refractivity contribution is 5.94. The van der Waals surface area contributed by atoms with Crippen molar-refractivity contribution >= 4 is 11.9 Å². The van der Waals surface area contributed by atoms with E-state index in [2.05, 4.69) is 0 Å². The molecule has 0 aromatic heterocycles. The molecular formula is C17H23F2NO4. The van der Waals surface area contributed by atoms with E-state index >= 15 is 0 Å². The van der Waals surface area contributed by atoms with Crippen molar-refractivity contribution in [3.8, 4) is 0 Å². The third kappa shape index (κ3) is 6.23. The summed E-state index contributed by atoms with van der Waals surface area (Å²) in [6.07, 6.45) is -2.12. The van der Waals surface area contributed by atoms with Gasteiger partial charge in [-0.2, -0.15) is 0 Å². The molecule has 1 amide bonds. The van der Waals surface area contributed by atoms with E-state index in [-0.39, 0.29) is 17.7 Å². The number of amides is 1. The van der Waals surface area contributed by atoms with Crippen molar-refractivity contribution in [3.63, 3.8) is 0 Å². The van der Waals surface area contributed by atoms with Crippen molar-refractivity contribution in [2.75, 3.05) is 26.3 Å². The number of alkyl halides is 2. The van der Waals surface area contributed by atoms with E-state index in [1.807, 2.05) is 6.92 Å². The number of hydrogen-bond acceptors (Lipinski definition) is 3. The minimum atomic E-state index is -2.66. The molecule has 1 aromatic rings. The maximum atomic E-state index is 12.8. The Labute approximate surface area is 140 Å². The van der Waals surface area contributed by atoms with Crippen LogP contribution in [0.1, 0.15) is 42.6 Å². The van der Waals surface area contributed by atoms with Crippen molar-refractivity contribution in [1.82, 2.24) is 4.90 Å². The zero-order valence-corrected chi connectivity index (χ0v) is 13.9. The van der Waals surface area contributed by atoms with Crippen LogP contribution in [0.4, 0.5) is 8.78 Å². The topological polar surface area (TPSA) is 66.8 Å². The molecule has 1 aromatic carbocycles. The van der Waals surface area contributed by atoms with Crippen molar-refractivity contribution < 1.29 is 28.2 Å².